The Kier molecular flexibility index (Phi) is 7.51. The Balaban J connectivity index is 1.35. The Morgan fingerprint density at radius 2 is 1.97 bits per heavy atom. The Morgan fingerprint density at radius 3 is 2.62 bits per heavy atom. The minimum absolute atomic E-state index is 0.0410. The molecule has 2 N–H and O–H groups in total. The lowest BCUT2D eigenvalue weighted by atomic mass is 9.84. The minimum atomic E-state index is -0.637. The van der Waals surface area contributed by atoms with Gasteiger partial charge in [0.05, 0.1) is 13.2 Å². The van der Waals surface area contributed by atoms with E-state index >= 15 is 0 Å². The molecule has 2 aliphatic heterocycles. The van der Waals surface area contributed by atoms with Crippen molar-refractivity contribution in [1.82, 2.24) is 10.2 Å². The molecule has 0 saturated carbocycles. The van der Waals surface area contributed by atoms with Crippen molar-refractivity contribution < 1.29 is 23.8 Å². The predicted molar refractivity (Wildman–Crippen MR) is 127 cm³/mol. The number of carbonyl (C=O) groups excluding carboxylic acids is 2. The number of nitrogens with zero attached hydrogens (tertiary/aromatic N) is 1. The van der Waals surface area contributed by atoms with Crippen LogP contribution in [0, 0.1) is 11.7 Å². The summed E-state index contributed by atoms with van der Waals surface area (Å²) in [4.78, 5) is 26.9. The quantitative estimate of drug-likeness (QED) is 0.618. The minimum Gasteiger partial charge on any atom is -0.497 e. The van der Waals surface area contributed by atoms with Gasteiger partial charge in [-0.05, 0) is 67.3 Å². The van der Waals surface area contributed by atoms with Crippen LogP contribution in [0.1, 0.15) is 55.8 Å². The smallest absolute Gasteiger partial charge is 0.222 e. The molecule has 2 atom stereocenters. The van der Waals surface area contributed by atoms with Crippen molar-refractivity contribution in [1.29, 1.82) is 0 Å². The van der Waals surface area contributed by atoms with Crippen LogP contribution in [0.3, 0.4) is 0 Å². The molecule has 2 aliphatic rings. The zero-order chi connectivity index (χ0) is 24.1. The molecule has 6 nitrogen and oxygen atoms in total. The summed E-state index contributed by atoms with van der Waals surface area (Å²) < 4.78 is 19.7. The average molecular weight is 469 g/mol. The van der Waals surface area contributed by atoms with Gasteiger partial charge in [-0.2, -0.15) is 0 Å². The van der Waals surface area contributed by atoms with Gasteiger partial charge in [-0.1, -0.05) is 30.3 Å². The molecule has 0 unspecified atom stereocenters. The topological polar surface area (TPSA) is 78.9 Å². The number of hydrogen-bond acceptors (Lipinski definition) is 4. The number of nitrogens with one attached hydrogen (secondary N) is 1. The van der Waals surface area contributed by atoms with Gasteiger partial charge in [-0.15, -0.1) is 0 Å². The molecule has 2 amide bonds. The van der Waals surface area contributed by atoms with Crippen molar-refractivity contribution in [2.45, 2.75) is 56.6 Å². The van der Waals surface area contributed by atoms with Crippen molar-refractivity contribution >= 4 is 11.8 Å². The van der Waals surface area contributed by atoms with Crippen LogP contribution in [0.2, 0.25) is 0 Å². The molecule has 2 heterocycles. The number of methoxy groups -OCH3 is 1. The van der Waals surface area contributed by atoms with E-state index < -0.39 is 11.6 Å². The average Bonchev–Trinajstić information content (AvgIpc) is 3.24. The maximum Gasteiger partial charge on any atom is 0.222 e. The van der Waals surface area contributed by atoms with Crippen LogP contribution in [0.15, 0.2) is 48.5 Å². The predicted octanol–water partition coefficient (Wildman–Crippen LogP) is 3.78. The number of aliphatic hydroxyl groups is 1. The lowest BCUT2D eigenvalue weighted by Crippen LogP contribution is -2.46. The molecule has 0 bridgehead atoms. The molecule has 0 radical (unpaired) electrons. The first-order valence-corrected chi connectivity index (χ1v) is 12.0. The number of carbonyl (C=O) groups is 2. The summed E-state index contributed by atoms with van der Waals surface area (Å²) in [6.07, 6.45) is 2.99. The van der Waals surface area contributed by atoms with Crippen molar-refractivity contribution in [2.24, 2.45) is 5.92 Å². The van der Waals surface area contributed by atoms with Crippen molar-refractivity contribution in [3.63, 3.8) is 0 Å². The van der Waals surface area contributed by atoms with E-state index in [9.17, 15) is 19.1 Å². The Hall–Kier alpha value is -2.93. The van der Waals surface area contributed by atoms with E-state index in [4.69, 9.17) is 4.74 Å². The van der Waals surface area contributed by atoms with Crippen molar-refractivity contribution in [3.8, 4) is 5.75 Å². The van der Waals surface area contributed by atoms with Gasteiger partial charge in [-0.25, -0.2) is 4.39 Å². The summed E-state index contributed by atoms with van der Waals surface area (Å²) in [6.45, 7) is 1.22. The first kappa shape index (κ1) is 24.2. The second kappa shape index (κ2) is 10.6. The van der Waals surface area contributed by atoms with Gasteiger partial charge in [0.1, 0.15) is 11.6 Å². The largest absolute Gasteiger partial charge is 0.497 e. The van der Waals surface area contributed by atoms with E-state index in [-0.39, 0.29) is 30.0 Å². The van der Waals surface area contributed by atoms with Gasteiger partial charge >= 0.3 is 0 Å². The van der Waals surface area contributed by atoms with Gasteiger partial charge in [0.2, 0.25) is 11.8 Å². The van der Waals surface area contributed by atoms with Crippen LogP contribution < -0.4 is 10.1 Å². The van der Waals surface area contributed by atoms with Gasteiger partial charge in [0.15, 0.2) is 0 Å². The van der Waals surface area contributed by atoms with E-state index in [2.05, 4.69) is 5.32 Å². The normalized spacial score (nSPS) is 21.9. The summed E-state index contributed by atoms with van der Waals surface area (Å²) in [7, 11) is 1.53. The Morgan fingerprint density at radius 1 is 1.24 bits per heavy atom. The van der Waals surface area contributed by atoms with E-state index in [1.807, 2.05) is 35.2 Å². The highest BCUT2D eigenvalue weighted by atomic mass is 19.1. The molecule has 4 rings (SSSR count). The molecule has 0 spiro atoms. The summed E-state index contributed by atoms with van der Waals surface area (Å²) in [5, 5.41) is 13.7. The third-order valence-electron chi connectivity index (χ3n) is 7.31. The lowest BCUT2D eigenvalue weighted by Gasteiger charge is -2.35. The summed E-state index contributed by atoms with van der Waals surface area (Å²) in [5.74, 6) is 0.327. The number of ether oxygens (including phenoxy) is 1. The molecule has 7 heteroatoms. The first-order valence-electron chi connectivity index (χ1n) is 12.0. The van der Waals surface area contributed by atoms with Crippen LogP contribution in [-0.4, -0.2) is 47.6 Å². The maximum absolute atomic E-state index is 14.5. The van der Waals surface area contributed by atoms with Crippen LogP contribution in [0.5, 0.6) is 5.75 Å². The Bertz CT molecular complexity index is 1010. The third kappa shape index (κ3) is 5.58. The molecule has 34 heavy (non-hydrogen) atoms. The second-order valence-electron chi connectivity index (χ2n) is 9.54. The molecule has 2 aromatic rings. The highest BCUT2D eigenvalue weighted by molar-refractivity contribution is 5.80. The zero-order valence-electron chi connectivity index (χ0n) is 19.6. The number of benzene rings is 2. The SMILES string of the molecule is COc1ccc(F)c(C[C@@]2(CCC(=O)N3CCC([C@@H](O)c4ccccc4)CC3)CCC(=O)N2)c1. The van der Waals surface area contributed by atoms with Crippen molar-refractivity contribution in [2.75, 3.05) is 20.2 Å². The fourth-order valence-electron chi connectivity index (χ4n) is 5.25. The molecule has 2 fully saturated rings. The maximum atomic E-state index is 14.5. The molecular weight excluding hydrogens is 435 g/mol. The summed E-state index contributed by atoms with van der Waals surface area (Å²) in [5.41, 5.74) is 0.752. The first-order chi connectivity index (χ1) is 16.4. The standard InChI is InChI=1S/C27H33FN2O4/c1-34-22-7-8-23(28)21(17-22)18-27(13-9-24(31)29-27)14-10-25(32)30-15-11-20(12-16-30)26(33)19-5-3-2-4-6-19/h2-8,17,20,26,33H,9-16,18H2,1H3,(H,29,31)/t26-,27-/m0/s1. The van der Waals surface area contributed by atoms with Gasteiger partial charge in [0, 0.05) is 31.5 Å². The number of aliphatic hydroxyl groups excluding tert-OH is 1. The van der Waals surface area contributed by atoms with E-state index in [1.165, 1.54) is 13.2 Å². The van der Waals surface area contributed by atoms with E-state index in [1.54, 1.807) is 12.1 Å². The molecule has 2 aromatic carbocycles. The van der Waals surface area contributed by atoms with Crippen LogP contribution in [0.4, 0.5) is 4.39 Å². The molecule has 2 saturated heterocycles. The van der Waals surface area contributed by atoms with Crippen LogP contribution >= 0.6 is 0 Å². The van der Waals surface area contributed by atoms with Gasteiger partial charge in [0.25, 0.3) is 0 Å². The van der Waals surface area contributed by atoms with E-state index in [0.717, 1.165) is 18.4 Å². The number of rotatable bonds is 8. The number of piperidine rings is 1. The molecule has 182 valence electrons. The lowest BCUT2D eigenvalue weighted by molar-refractivity contribution is -0.134. The fourth-order valence-corrected chi connectivity index (χ4v) is 5.25. The second-order valence-corrected chi connectivity index (χ2v) is 9.54. The van der Waals surface area contributed by atoms with Gasteiger partial charge in [-0.3, -0.25) is 9.59 Å². The van der Waals surface area contributed by atoms with E-state index in [0.29, 0.717) is 50.1 Å². The monoisotopic (exact) mass is 468 g/mol. The highest BCUT2D eigenvalue weighted by Gasteiger charge is 2.39. The molecular formula is C27H33FN2O4. The highest BCUT2D eigenvalue weighted by Crippen LogP contribution is 2.33. The third-order valence-corrected chi connectivity index (χ3v) is 7.31. The Labute approximate surface area is 200 Å². The fraction of sp³-hybridized carbons (Fsp3) is 0.481. The van der Waals surface area contributed by atoms with Crippen molar-refractivity contribution in [3.05, 3.63) is 65.5 Å². The summed E-state index contributed by atoms with van der Waals surface area (Å²) >= 11 is 0. The summed E-state index contributed by atoms with van der Waals surface area (Å²) in [6, 6.07) is 14.2. The van der Waals surface area contributed by atoms with Gasteiger partial charge < -0.3 is 20.1 Å². The number of likely N-dealkylation sites (tertiary alicyclic amines) is 1. The number of hydrogen-bond donors (Lipinski definition) is 2. The number of halogens is 1. The number of amides is 2. The molecule has 0 aromatic heterocycles. The molecule has 0 aliphatic carbocycles. The van der Waals surface area contributed by atoms with Crippen LogP contribution in [0.25, 0.3) is 0 Å². The zero-order valence-corrected chi connectivity index (χ0v) is 19.6. The van der Waals surface area contributed by atoms with Crippen LogP contribution in [-0.2, 0) is 16.0 Å².